The van der Waals surface area contributed by atoms with E-state index in [1.165, 1.54) is 11.3 Å². The van der Waals surface area contributed by atoms with Gasteiger partial charge in [0, 0.05) is 43.4 Å². The maximum Gasteiger partial charge on any atom is 0.0722 e. The van der Waals surface area contributed by atoms with E-state index in [9.17, 15) is 0 Å². The number of hydrogen-bond donors (Lipinski definition) is 1. The molecule has 0 aromatic carbocycles. The Morgan fingerprint density at radius 2 is 2.11 bits per heavy atom. The molecule has 1 rings (SSSR count). The number of aryl methyl sites for hydroxylation is 1. The van der Waals surface area contributed by atoms with Crippen molar-refractivity contribution in [3.63, 3.8) is 0 Å². The van der Waals surface area contributed by atoms with Gasteiger partial charge in [0.25, 0.3) is 0 Å². The van der Waals surface area contributed by atoms with Crippen molar-refractivity contribution < 1.29 is 4.74 Å². The lowest BCUT2D eigenvalue weighted by Gasteiger charge is -2.19. The molecule has 1 atom stereocenters. The van der Waals surface area contributed by atoms with E-state index in [-0.39, 0.29) is 5.41 Å². The van der Waals surface area contributed by atoms with Crippen molar-refractivity contribution in [1.29, 1.82) is 0 Å². The van der Waals surface area contributed by atoms with Gasteiger partial charge in [-0.3, -0.25) is 4.68 Å². The van der Waals surface area contributed by atoms with Crippen molar-refractivity contribution in [2.45, 2.75) is 52.6 Å². The minimum Gasteiger partial charge on any atom is -0.380 e. The van der Waals surface area contributed by atoms with Crippen LogP contribution < -0.4 is 5.32 Å². The monoisotopic (exact) mass is 253 g/mol. The fraction of sp³-hybridized carbons (Fsp3) is 0.786. The molecular formula is C14H27N3O. The average Bonchev–Trinajstić information content (AvgIpc) is 2.65. The Balaban J connectivity index is 2.62. The summed E-state index contributed by atoms with van der Waals surface area (Å²) in [6, 6.07) is 0.359. The minimum absolute atomic E-state index is 0.0848. The molecule has 0 aliphatic heterocycles. The SMILES string of the molecule is CCOCC(C)NCc1cn(C)nc1C(C)(C)C. The highest BCUT2D eigenvalue weighted by atomic mass is 16.5. The third kappa shape index (κ3) is 4.42. The number of nitrogens with one attached hydrogen (secondary N) is 1. The highest BCUT2D eigenvalue weighted by Gasteiger charge is 2.21. The van der Waals surface area contributed by atoms with Crippen molar-refractivity contribution in [1.82, 2.24) is 15.1 Å². The quantitative estimate of drug-likeness (QED) is 0.845. The first-order valence-corrected chi connectivity index (χ1v) is 6.68. The molecule has 18 heavy (non-hydrogen) atoms. The van der Waals surface area contributed by atoms with Crippen molar-refractivity contribution in [3.8, 4) is 0 Å². The molecular weight excluding hydrogens is 226 g/mol. The Morgan fingerprint density at radius 3 is 2.67 bits per heavy atom. The zero-order valence-electron chi connectivity index (χ0n) is 12.6. The van der Waals surface area contributed by atoms with E-state index in [4.69, 9.17) is 4.74 Å². The van der Waals surface area contributed by atoms with Gasteiger partial charge in [-0.1, -0.05) is 20.8 Å². The summed E-state index contributed by atoms with van der Waals surface area (Å²) in [5.41, 5.74) is 2.52. The molecule has 1 aromatic heterocycles. The molecule has 0 aliphatic rings. The van der Waals surface area contributed by atoms with Crippen LogP contribution in [0, 0.1) is 0 Å². The number of ether oxygens (including phenoxy) is 1. The van der Waals surface area contributed by atoms with Gasteiger partial charge in [0.05, 0.1) is 12.3 Å². The van der Waals surface area contributed by atoms with Crippen molar-refractivity contribution >= 4 is 0 Å². The van der Waals surface area contributed by atoms with Gasteiger partial charge in [-0.05, 0) is 13.8 Å². The predicted octanol–water partition coefficient (Wildman–Crippen LogP) is 2.23. The molecule has 4 heteroatoms. The lowest BCUT2D eigenvalue weighted by atomic mass is 9.89. The number of aromatic nitrogens is 2. The third-order valence-electron chi connectivity index (χ3n) is 2.83. The van der Waals surface area contributed by atoms with Gasteiger partial charge in [0.2, 0.25) is 0 Å². The predicted molar refractivity (Wildman–Crippen MR) is 74.7 cm³/mol. The minimum atomic E-state index is 0.0848. The maximum absolute atomic E-state index is 5.40. The van der Waals surface area contributed by atoms with Crippen molar-refractivity contribution in [2.24, 2.45) is 7.05 Å². The Hall–Kier alpha value is -0.870. The van der Waals surface area contributed by atoms with Crippen LogP contribution >= 0.6 is 0 Å². The van der Waals surface area contributed by atoms with Gasteiger partial charge >= 0.3 is 0 Å². The summed E-state index contributed by atoms with van der Waals surface area (Å²) in [6.07, 6.45) is 2.10. The van der Waals surface area contributed by atoms with Crippen LogP contribution in [0.4, 0.5) is 0 Å². The van der Waals surface area contributed by atoms with E-state index >= 15 is 0 Å². The molecule has 1 heterocycles. The van der Waals surface area contributed by atoms with E-state index in [0.29, 0.717) is 6.04 Å². The summed E-state index contributed by atoms with van der Waals surface area (Å²) in [5.74, 6) is 0. The molecule has 0 saturated heterocycles. The van der Waals surface area contributed by atoms with Gasteiger partial charge < -0.3 is 10.1 Å². The van der Waals surface area contributed by atoms with Crippen LogP contribution in [-0.4, -0.2) is 29.0 Å². The largest absolute Gasteiger partial charge is 0.380 e. The third-order valence-corrected chi connectivity index (χ3v) is 2.83. The molecule has 0 bridgehead atoms. The topological polar surface area (TPSA) is 39.1 Å². The molecule has 0 fully saturated rings. The summed E-state index contributed by atoms with van der Waals surface area (Å²) in [7, 11) is 1.97. The van der Waals surface area contributed by atoms with Crippen LogP contribution in [0.5, 0.6) is 0 Å². The summed E-state index contributed by atoms with van der Waals surface area (Å²) in [6.45, 7) is 13.1. The fourth-order valence-corrected chi connectivity index (χ4v) is 1.94. The number of nitrogens with zero attached hydrogens (tertiary/aromatic N) is 2. The van der Waals surface area contributed by atoms with Crippen LogP contribution in [0.1, 0.15) is 45.9 Å². The second-order valence-electron chi connectivity index (χ2n) is 5.87. The Kier molecular flexibility index (Phi) is 5.35. The van der Waals surface area contributed by atoms with Crippen LogP contribution in [0.3, 0.4) is 0 Å². The van der Waals surface area contributed by atoms with Crippen LogP contribution in [0.15, 0.2) is 6.20 Å². The molecule has 0 spiro atoms. The van der Waals surface area contributed by atoms with Crippen molar-refractivity contribution in [2.75, 3.05) is 13.2 Å². The molecule has 0 aliphatic carbocycles. The van der Waals surface area contributed by atoms with Crippen LogP contribution in [0.25, 0.3) is 0 Å². The number of rotatable bonds is 6. The first-order chi connectivity index (χ1) is 8.34. The Bertz CT molecular complexity index is 366. The molecule has 1 unspecified atom stereocenters. The smallest absolute Gasteiger partial charge is 0.0722 e. The molecule has 0 saturated carbocycles. The van der Waals surface area contributed by atoms with E-state index in [1.807, 2.05) is 18.7 Å². The highest BCUT2D eigenvalue weighted by Crippen LogP contribution is 2.23. The van der Waals surface area contributed by atoms with E-state index in [1.54, 1.807) is 0 Å². The normalized spacial score (nSPS) is 13.9. The lowest BCUT2D eigenvalue weighted by molar-refractivity contribution is 0.127. The zero-order valence-corrected chi connectivity index (χ0v) is 12.6. The fourth-order valence-electron chi connectivity index (χ4n) is 1.94. The summed E-state index contributed by atoms with van der Waals surface area (Å²) >= 11 is 0. The number of hydrogen-bond acceptors (Lipinski definition) is 3. The second kappa shape index (κ2) is 6.34. The average molecular weight is 253 g/mol. The van der Waals surface area contributed by atoms with Crippen LogP contribution in [0.2, 0.25) is 0 Å². The molecule has 1 N–H and O–H groups in total. The first-order valence-electron chi connectivity index (χ1n) is 6.68. The molecule has 1 aromatic rings. The lowest BCUT2D eigenvalue weighted by Crippen LogP contribution is -2.30. The summed E-state index contributed by atoms with van der Waals surface area (Å²) < 4.78 is 7.30. The van der Waals surface area contributed by atoms with Gasteiger partial charge in [0.15, 0.2) is 0 Å². The Labute approximate surface area is 111 Å². The molecule has 104 valence electrons. The van der Waals surface area contributed by atoms with Gasteiger partial charge in [0.1, 0.15) is 0 Å². The maximum atomic E-state index is 5.40. The highest BCUT2D eigenvalue weighted by molar-refractivity contribution is 5.23. The van der Waals surface area contributed by atoms with Gasteiger partial charge in [-0.2, -0.15) is 5.10 Å². The van der Waals surface area contributed by atoms with E-state index in [0.717, 1.165) is 19.8 Å². The molecule has 0 radical (unpaired) electrons. The van der Waals surface area contributed by atoms with E-state index < -0.39 is 0 Å². The zero-order chi connectivity index (χ0) is 13.8. The Morgan fingerprint density at radius 1 is 1.44 bits per heavy atom. The molecule has 0 amide bonds. The van der Waals surface area contributed by atoms with E-state index in [2.05, 4.69) is 44.3 Å². The second-order valence-corrected chi connectivity index (χ2v) is 5.87. The van der Waals surface area contributed by atoms with Gasteiger partial charge in [-0.15, -0.1) is 0 Å². The van der Waals surface area contributed by atoms with Crippen molar-refractivity contribution in [3.05, 3.63) is 17.5 Å². The first kappa shape index (κ1) is 15.2. The summed E-state index contributed by atoms with van der Waals surface area (Å²) in [5, 5.41) is 8.05. The van der Waals surface area contributed by atoms with Crippen LogP contribution in [-0.2, 0) is 23.7 Å². The molecule has 4 nitrogen and oxygen atoms in total. The van der Waals surface area contributed by atoms with Gasteiger partial charge in [-0.25, -0.2) is 0 Å². The standard InChI is InChI=1S/C14H27N3O/c1-7-18-10-11(2)15-8-12-9-17(6)16-13(12)14(3,4)5/h9,11,15H,7-8,10H2,1-6H3. The summed E-state index contributed by atoms with van der Waals surface area (Å²) in [4.78, 5) is 0.